The Morgan fingerprint density at radius 3 is 2.67 bits per heavy atom. The van der Waals surface area contributed by atoms with Crippen LogP contribution < -0.4 is 5.73 Å². The second kappa shape index (κ2) is 5.03. The molecule has 0 heterocycles. The van der Waals surface area contributed by atoms with Crippen LogP contribution in [0.4, 0.5) is 0 Å². The predicted octanol–water partition coefficient (Wildman–Crippen LogP) is 0.925. The normalized spacial score (nSPS) is 13.8. The Hall–Kier alpha value is -1.12. The van der Waals surface area contributed by atoms with Gasteiger partial charge in [-0.3, -0.25) is 0 Å². The van der Waals surface area contributed by atoms with E-state index in [9.17, 15) is 0 Å². The number of allylic oxidation sites excluding steroid dienone is 1. The van der Waals surface area contributed by atoms with E-state index >= 15 is 0 Å². The summed E-state index contributed by atoms with van der Waals surface area (Å²) >= 11 is 0. The van der Waals surface area contributed by atoms with Gasteiger partial charge in [-0.1, -0.05) is 0 Å². The maximum Gasteiger partial charge on any atom is 0.115 e. The van der Waals surface area contributed by atoms with Crippen LogP contribution in [0.25, 0.3) is 0 Å². The molecule has 0 rings (SSSR count). The Labute approximate surface area is 55.0 Å². The van der Waals surface area contributed by atoms with Crippen molar-refractivity contribution in [2.75, 3.05) is 0 Å². The van der Waals surface area contributed by atoms with Gasteiger partial charge in [-0.15, -0.1) is 0 Å². The summed E-state index contributed by atoms with van der Waals surface area (Å²) in [6, 6.07) is 0. The SMILES string of the molecule is C\C=N/C=N\C(C)=C\N. The van der Waals surface area contributed by atoms with E-state index in [1.54, 1.807) is 6.21 Å². The molecule has 0 aromatic rings. The molecule has 0 spiro atoms. The van der Waals surface area contributed by atoms with Gasteiger partial charge in [0.15, 0.2) is 0 Å². The quantitative estimate of drug-likeness (QED) is 0.433. The van der Waals surface area contributed by atoms with Crippen molar-refractivity contribution in [2.24, 2.45) is 15.7 Å². The van der Waals surface area contributed by atoms with Gasteiger partial charge >= 0.3 is 0 Å². The van der Waals surface area contributed by atoms with E-state index in [0.29, 0.717) is 0 Å². The van der Waals surface area contributed by atoms with Crippen molar-refractivity contribution in [3.05, 3.63) is 11.9 Å². The second-order valence-electron chi connectivity index (χ2n) is 1.46. The Balaban J connectivity index is 3.71. The lowest BCUT2D eigenvalue weighted by Crippen LogP contribution is -1.80. The molecule has 0 amide bonds. The smallest absolute Gasteiger partial charge is 0.115 e. The Kier molecular flexibility index (Phi) is 4.40. The predicted molar refractivity (Wildman–Crippen MR) is 40.6 cm³/mol. The van der Waals surface area contributed by atoms with Gasteiger partial charge in [-0.05, 0) is 13.8 Å². The number of hydrogen-bond acceptors (Lipinski definition) is 2. The standard InChI is InChI=1S/C6H11N3/c1-3-8-5-9-6(2)4-7/h3-5H,7H2,1-2H3/b6-4+,8-3-,9-5-. The van der Waals surface area contributed by atoms with E-state index in [0.717, 1.165) is 5.70 Å². The van der Waals surface area contributed by atoms with Crippen molar-refractivity contribution in [3.8, 4) is 0 Å². The van der Waals surface area contributed by atoms with Gasteiger partial charge in [-0.25, -0.2) is 9.98 Å². The van der Waals surface area contributed by atoms with Crippen molar-refractivity contribution in [3.63, 3.8) is 0 Å². The Morgan fingerprint density at radius 1 is 1.56 bits per heavy atom. The summed E-state index contributed by atoms with van der Waals surface area (Å²) in [6.45, 7) is 3.63. The molecule has 3 nitrogen and oxygen atoms in total. The molecule has 0 aromatic heterocycles. The average Bonchev–Trinajstić information content (AvgIpc) is 1.89. The van der Waals surface area contributed by atoms with Gasteiger partial charge in [0.25, 0.3) is 0 Å². The topological polar surface area (TPSA) is 50.7 Å². The van der Waals surface area contributed by atoms with Crippen LogP contribution in [0.1, 0.15) is 13.8 Å². The average molecular weight is 125 g/mol. The molecule has 0 fully saturated rings. The second-order valence-corrected chi connectivity index (χ2v) is 1.46. The molecule has 0 aliphatic rings. The maximum atomic E-state index is 5.13. The summed E-state index contributed by atoms with van der Waals surface area (Å²) in [5.74, 6) is 0. The minimum Gasteiger partial charge on any atom is -0.403 e. The number of hydrogen-bond donors (Lipinski definition) is 1. The maximum absolute atomic E-state index is 5.13. The molecule has 2 N–H and O–H groups in total. The lowest BCUT2D eigenvalue weighted by Gasteiger charge is -1.82. The van der Waals surface area contributed by atoms with Gasteiger partial charge < -0.3 is 5.73 Å². The van der Waals surface area contributed by atoms with Gasteiger partial charge in [0.1, 0.15) is 6.34 Å². The fourth-order valence-corrected chi connectivity index (χ4v) is 0.234. The first-order valence-corrected chi connectivity index (χ1v) is 2.70. The summed E-state index contributed by atoms with van der Waals surface area (Å²) < 4.78 is 0. The third-order valence-corrected chi connectivity index (χ3v) is 0.718. The zero-order chi connectivity index (χ0) is 7.11. The first-order valence-electron chi connectivity index (χ1n) is 2.70. The summed E-state index contributed by atoms with van der Waals surface area (Å²) in [5, 5.41) is 0. The van der Waals surface area contributed by atoms with E-state index in [2.05, 4.69) is 9.98 Å². The van der Waals surface area contributed by atoms with Gasteiger partial charge in [0.05, 0.1) is 5.70 Å². The summed E-state index contributed by atoms with van der Waals surface area (Å²) in [4.78, 5) is 7.59. The minimum absolute atomic E-state index is 0.764. The third kappa shape index (κ3) is 4.74. The van der Waals surface area contributed by atoms with E-state index in [-0.39, 0.29) is 0 Å². The Morgan fingerprint density at radius 2 is 2.22 bits per heavy atom. The molecule has 0 aromatic carbocycles. The molecule has 9 heavy (non-hydrogen) atoms. The molecular formula is C6H11N3. The van der Waals surface area contributed by atoms with Crippen LogP contribution in [0.3, 0.4) is 0 Å². The molecule has 0 unspecified atom stereocenters. The minimum atomic E-state index is 0.764. The van der Waals surface area contributed by atoms with Crippen molar-refractivity contribution >= 4 is 12.6 Å². The summed E-state index contributed by atoms with van der Waals surface area (Å²) in [6.07, 6.45) is 4.55. The molecule has 0 radical (unpaired) electrons. The van der Waals surface area contributed by atoms with Gasteiger partial charge in [0, 0.05) is 12.4 Å². The van der Waals surface area contributed by atoms with Crippen LogP contribution in [0.5, 0.6) is 0 Å². The van der Waals surface area contributed by atoms with E-state index < -0.39 is 0 Å². The molecule has 50 valence electrons. The molecule has 3 heteroatoms. The van der Waals surface area contributed by atoms with E-state index in [4.69, 9.17) is 5.73 Å². The van der Waals surface area contributed by atoms with Gasteiger partial charge in [0.2, 0.25) is 0 Å². The third-order valence-electron chi connectivity index (χ3n) is 0.718. The molecule has 0 saturated carbocycles. The molecule has 0 saturated heterocycles. The fraction of sp³-hybridized carbons (Fsp3) is 0.333. The lowest BCUT2D eigenvalue weighted by atomic mass is 10.6. The Bertz CT molecular complexity index is 144. The first-order chi connectivity index (χ1) is 4.31. The van der Waals surface area contributed by atoms with Crippen LogP contribution >= 0.6 is 0 Å². The fourth-order valence-electron chi connectivity index (χ4n) is 0.234. The monoisotopic (exact) mass is 125 g/mol. The highest BCUT2D eigenvalue weighted by Crippen LogP contribution is 1.86. The number of nitrogens with two attached hydrogens (primary N) is 1. The molecule has 0 aliphatic carbocycles. The highest BCUT2D eigenvalue weighted by molar-refractivity contribution is 5.71. The summed E-state index contributed by atoms with van der Waals surface area (Å²) in [5.41, 5.74) is 5.89. The van der Waals surface area contributed by atoms with Crippen LogP contribution in [0.15, 0.2) is 21.9 Å². The first kappa shape index (κ1) is 7.88. The van der Waals surface area contributed by atoms with Crippen LogP contribution in [-0.4, -0.2) is 12.6 Å². The molecule has 0 atom stereocenters. The number of aliphatic imine (C=N–C) groups is 2. The zero-order valence-corrected chi connectivity index (χ0v) is 5.70. The zero-order valence-electron chi connectivity index (χ0n) is 5.70. The molecule has 0 bridgehead atoms. The number of rotatable bonds is 2. The van der Waals surface area contributed by atoms with Crippen LogP contribution in [0.2, 0.25) is 0 Å². The van der Waals surface area contributed by atoms with E-state index in [1.165, 1.54) is 12.5 Å². The highest BCUT2D eigenvalue weighted by Gasteiger charge is 1.73. The van der Waals surface area contributed by atoms with Crippen molar-refractivity contribution in [2.45, 2.75) is 13.8 Å². The lowest BCUT2D eigenvalue weighted by molar-refractivity contribution is 1.27. The van der Waals surface area contributed by atoms with Crippen molar-refractivity contribution < 1.29 is 0 Å². The van der Waals surface area contributed by atoms with Crippen LogP contribution in [-0.2, 0) is 0 Å². The van der Waals surface area contributed by atoms with Crippen LogP contribution in [0, 0.1) is 0 Å². The highest BCUT2D eigenvalue weighted by atomic mass is 14.9. The van der Waals surface area contributed by atoms with E-state index in [1.807, 2.05) is 13.8 Å². The number of nitrogens with zero attached hydrogens (tertiary/aromatic N) is 2. The van der Waals surface area contributed by atoms with Crippen molar-refractivity contribution in [1.82, 2.24) is 0 Å². The molecular weight excluding hydrogens is 114 g/mol. The van der Waals surface area contributed by atoms with Crippen molar-refractivity contribution in [1.29, 1.82) is 0 Å². The summed E-state index contributed by atoms with van der Waals surface area (Å²) in [7, 11) is 0. The largest absolute Gasteiger partial charge is 0.403 e. The van der Waals surface area contributed by atoms with Gasteiger partial charge in [-0.2, -0.15) is 0 Å². The molecule has 0 aliphatic heterocycles.